The molecule has 0 atom stereocenters. The fraction of sp³-hybridized carbons (Fsp3) is 0.300. The molecule has 0 aliphatic carbocycles. The zero-order chi connectivity index (χ0) is 9.52. The van der Waals surface area contributed by atoms with Crippen LogP contribution in [0.1, 0.15) is 23.0 Å². The van der Waals surface area contributed by atoms with Crippen LogP contribution in [0.4, 0.5) is 0 Å². The van der Waals surface area contributed by atoms with E-state index in [1.807, 2.05) is 17.5 Å². The summed E-state index contributed by atoms with van der Waals surface area (Å²) in [4.78, 5) is 12.1. The number of rotatable bonds is 3. The van der Waals surface area contributed by atoms with Crippen molar-refractivity contribution in [1.82, 2.24) is 5.32 Å². The first-order chi connectivity index (χ1) is 6.34. The number of nitrogens with one attached hydrogen (secondary N) is 1. The molecule has 0 saturated carbocycles. The minimum absolute atomic E-state index is 0.00657. The Bertz CT molecular complexity index is 318. The maximum Gasteiger partial charge on any atom is 0.261 e. The molecule has 1 N–H and O–H groups in total. The molecule has 1 amide bonds. The summed E-state index contributed by atoms with van der Waals surface area (Å²) in [6, 6.07) is 3.68. The summed E-state index contributed by atoms with van der Waals surface area (Å²) in [6.07, 6.45) is 0.716. The van der Waals surface area contributed by atoms with Crippen molar-refractivity contribution in [3.05, 3.63) is 22.4 Å². The van der Waals surface area contributed by atoms with Crippen molar-refractivity contribution >= 4 is 17.2 Å². The van der Waals surface area contributed by atoms with Gasteiger partial charge < -0.3 is 5.32 Å². The Hall–Kier alpha value is -1.27. The van der Waals surface area contributed by atoms with Crippen LogP contribution in [-0.2, 0) is 0 Å². The average Bonchev–Trinajstić information content (AvgIpc) is 2.65. The molecule has 1 aromatic rings. The molecule has 0 aliphatic rings. The zero-order valence-corrected chi connectivity index (χ0v) is 8.28. The molecule has 0 fully saturated rings. The monoisotopic (exact) mass is 193 g/mol. The fourth-order valence-electron chi connectivity index (χ4n) is 0.858. The Kier molecular flexibility index (Phi) is 4.07. The predicted molar refractivity (Wildman–Crippen MR) is 54.7 cm³/mol. The molecule has 0 unspecified atom stereocenters. The molecular formula is C10H11NOS. The lowest BCUT2D eigenvalue weighted by molar-refractivity contribution is 0.0958. The van der Waals surface area contributed by atoms with E-state index in [1.165, 1.54) is 11.3 Å². The first-order valence-corrected chi connectivity index (χ1v) is 4.94. The van der Waals surface area contributed by atoms with Gasteiger partial charge in [-0.2, -0.15) is 0 Å². The molecule has 0 bridgehead atoms. The van der Waals surface area contributed by atoms with Crippen molar-refractivity contribution in [2.24, 2.45) is 0 Å². The van der Waals surface area contributed by atoms with Crippen molar-refractivity contribution < 1.29 is 4.79 Å². The van der Waals surface area contributed by atoms with Crippen LogP contribution in [-0.4, -0.2) is 12.5 Å². The van der Waals surface area contributed by atoms with E-state index in [9.17, 15) is 4.79 Å². The van der Waals surface area contributed by atoms with Crippen LogP contribution in [0.3, 0.4) is 0 Å². The van der Waals surface area contributed by atoms with E-state index in [1.54, 1.807) is 6.92 Å². The lowest BCUT2D eigenvalue weighted by atomic mass is 10.4. The predicted octanol–water partition coefficient (Wildman–Crippen LogP) is 1.89. The van der Waals surface area contributed by atoms with E-state index in [0.29, 0.717) is 13.0 Å². The van der Waals surface area contributed by atoms with Gasteiger partial charge in [0.2, 0.25) is 0 Å². The standard InChI is InChI=1S/C10H11NOS/c1-2-3-4-7-11-10(12)9-6-5-8-13-9/h5-6,8H,4,7H2,1H3,(H,11,12). The van der Waals surface area contributed by atoms with E-state index in [-0.39, 0.29) is 5.91 Å². The molecule has 0 aliphatic heterocycles. The maximum absolute atomic E-state index is 11.3. The van der Waals surface area contributed by atoms with Crippen LogP contribution in [0.25, 0.3) is 0 Å². The second-order valence-corrected chi connectivity index (χ2v) is 3.36. The van der Waals surface area contributed by atoms with Crippen LogP contribution in [0.15, 0.2) is 17.5 Å². The SMILES string of the molecule is CC#CCCNC(=O)c1cccs1. The van der Waals surface area contributed by atoms with Gasteiger partial charge in [-0.3, -0.25) is 4.79 Å². The summed E-state index contributed by atoms with van der Waals surface area (Å²) in [6.45, 7) is 2.42. The highest BCUT2D eigenvalue weighted by molar-refractivity contribution is 7.12. The van der Waals surface area contributed by atoms with E-state index in [0.717, 1.165) is 4.88 Å². The van der Waals surface area contributed by atoms with Gasteiger partial charge in [-0.25, -0.2) is 0 Å². The number of carbonyl (C=O) groups excluding carboxylic acids is 1. The van der Waals surface area contributed by atoms with Crippen molar-refractivity contribution in [1.29, 1.82) is 0 Å². The Balaban J connectivity index is 2.29. The molecule has 1 aromatic heterocycles. The number of hydrogen-bond acceptors (Lipinski definition) is 2. The van der Waals surface area contributed by atoms with Crippen LogP contribution >= 0.6 is 11.3 Å². The number of carbonyl (C=O) groups is 1. The highest BCUT2D eigenvalue weighted by atomic mass is 32.1. The van der Waals surface area contributed by atoms with E-state index in [2.05, 4.69) is 17.2 Å². The van der Waals surface area contributed by atoms with Crippen LogP contribution in [0.2, 0.25) is 0 Å². The minimum Gasteiger partial charge on any atom is -0.350 e. The number of hydrogen-bond donors (Lipinski definition) is 1. The van der Waals surface area contributed by atoms with Gasteiger partial charge in [0.1, 0.15) is 0 Å². The quantitative estimate of drug-likeness (QED) is 0.576. The van der Waals surface area contributed by atoms with Gasteiger partial charge in [-0.1, -0.05) is 6.07 Å². The molecular weight excluding hydrogens is 182 g/mol. The van der Waals surface area contributed by atoms with Gasteiger partial charge >= 0.3 is 0 Å². The van der Waals surface area contributed by atoms with Crippen molar-refractivity contribution in [2.75, 3.05) is 6.54 Å². The zero-order valence-electron chi connectivity index (χ0n) is 7.46. The number of thiophene rings is 1. The third-order valence-corrected chi connectivity index (χ3v) is 2.33. The highest BCUT2D eigenvalue weighted by Crippen LogP contribution is 2.07. The van der Waals surface area contributed by atoms with Crippen LogP contribution < -0.4 is 5.32 Å². The second kappa shape index (κ2) is 5.39. The molecule has 0 spiro atoms. The summed E-state index contributed by atoms with van der Waals surface area (Å²) in [5.41, 5.74) is 0. The second-order valence-electron chi connectivity index (χ2n) is 2.41. The van der Waals surface area contributed by atoms with Crippen molar-refractivity contribution in [2.45, 2.75) is 13.3 Å². The lowest BCUT2D eigenvalue weighted by Crippen LogP contribution is -2.23. The Morgan fingerprint density at radius 3 is 3.15 bits per heavy atom. The first kappa shape index (κ1) is 9.82. The molecule has 0 aromatic carbocycles. The summed E-state index contributed by atoms with van der Waals surface area (Å²) >= 11 is 1.45. The Morgan fingerprint density at radius 1 is 1.69 bits per heavy atom. The van der Waals surface area contributed by atoms with Crippen LogP contribution in [0.5, 0.6) is 0 Å². The average molecular weight is 193 g/mol. The third kappa shape index (κ3) is 3.30. The van der Waals surface area contributed by atoms with Gasteiger partial charge in [0.15, 0.2) is 0 Å². The summed E-state index contributed by atoms with van der Waals surface area (Å²) in [5.74, 6) is 5.66. The summed E-state index contributed by atoms with van der Waals surface area (Å²) in [7, 11) is 0. The smallest absolute Gasteiger partial charge is 0.261 e. The Labute approximate surface area is 82.0 Å². The van der Waals surface area contributed by atoms with Crippen molar-refractivity contribution in [3.8, 4) is 11.8 Å². The van der Waals surface area contributed by atoms with Gasteiger partial charge in [0, 0.05) is 13.0 Å². The number of amides is 1. The molecule has 13 heavy (non-hydrogen) atoms. The van der Waals surface area contributed by atoms with E-state index < -0.39 is 0 Å². The molecule has 68 valence electrons. The normalized spacial score (nSPS) is 8.69. The third-order valence-electron chi connectivity index (χ3n) is 1.46. The van der Waals surface area contributed by atoms with Gasteiger partial charge in [-0.05, 0) is 18.4 Å². The lowest BCUT2D eigenvalue weighted by Gasteiger charge is -1.98. The molecule has 1 rings (SSSR count). The largest absolute Gasteiger partial charge is 0.350 e. The van der Waals surface area contributed by atoms with Crippen LogP contribution in [0, 0.1) is 11.8 Å². The summed E-state index contributed by atoms with van der Waals surface area (Å²) in [5, 5.41) is 4.68. The van der Waals surface area contributed by atoms with E-state index in [4.69, 9.17) is 0 Å². The topological polar surface area (TPSA) is 29.1 Å². The van der Waals surface area contributed by atoms with Crippen molar-refractivity contribution in [3.63, 3.8) is 0 Å². The first-order valence-electron chi connectivity index (χ1n) is 4.06. The molecule has 0 radical (unpaired) electrons. The van der Waals surface area contributed by atoms with Gasteiger partial charge in [-0.15, -0.1) is 23.2 Å². The maximum atomic E-state index is 11.3. The minimum atomic E-state index is -0.00657. The molecule has 0 saturated heterocycles. The summed E-state index contributed by atoms with van der Waals surface area (Å²) < 4.78 is 0. The molecule has 2 nitrogen and oxygen atoms in total. The molecule has 1 heterocycles. The highest BCUT2D eigenvalue weighted by Gasteiger charge is 2.03. The van der Waals surface area contributed by atoms with Gasteiger partial charge in [0.05, 0.1) is 4.88 Å². The van der Waals surface area contributed by atoms with Gasteiger partial charge in [0.25, 0.3) is 5.91 Å². The molecule has 3 heteroatoms. The fourth-order valence-corrected chi connectivity index (χ4v) is 1.50. The Morgan fingerprint density at radius 2 is 2.54 bits per heavy atom. The van der Waals surface area contributed by atoms with E-state index >= 15 is 0 Å².